The Morgan fingerprint density at radius 3 is 3.20 bits per heavy atom. The van der Waals surface area contributed by atoms with Crippen molar-refractivity contribution >= 4 is 23.1 Å². The van der Waals surface area contributed by atoms with Crippen LogP contribution in [0.1, 0.15) is 24.1 Å². The molecule has 6 heteroatoms. The number of hydrogen-bond donors (Lipinski definition) is 0. The van der Waals surface area contributed by atoms with Gasteiger partial charge in [-0.05, 0) is 30.3 Å². The van der Waals surface area contributed by atoms with E-state index in [4.69, 9.17) is 4.42 Å². The van der Waals surface area contributed by atoms with Gasteiger partial charge in [0.15, 0.2) is 0 Å². The van der Waals surface area contributed by atoms with E-state index in [1.807, 2.05) is 6.07 Å². The second kappa shape index (κ2) is 6.74. The van der Waals surface area contributed by atoms with Gasteiger partial charge in [-0.3, -0.25) is 0 Å². The van der Waals surface area contributed by atoms with Crippen LogP contribution in [-0.2, 0) is 6.42 Å². The van der Waals surface area contributed by atoms with Gasteiger partial charge in [0.05, 0.1) is 6.42 Å². The molecule has 1 aliphatic rings. The van der Waals surface area contributed by atoms with E-state index < -0.39 is 0 Å². The minimum atomic E-state index is 0.698. The molecular weight excluding hydrogens is 290 g/mol. The number of hydrogen-bond acceptors (Lipinski definition) is 6. The molecule has 20 heavy (non-hydrogen) atoms. The topological polar surface area (TPSA) is 42.2 Å². The minimum Gasteiger partial charge on any atom is -0.416 e. The summed E-state index contributed by atoms with van der Waals surface area (Å²) in [5.41, 5.74) is 0. The zero-order valence-electron chi connectivity index (χ0n) is 11.6. The van der Waals surface area contributed by atoms with Gasteiger partial charge in [-0.1, -0.05) is 24.8 Å². The summed E-state index contributed by atoms with van der Waals surface area (Å²) in [5.74, 6) is 2.58. The van der Waals surface area contributed by atoms with E-state index in [0.29, 0.717) is 11.1 Å². The first-order valence-corrected chi connectivity index (χ1v) is 8.86. The predicted molar refractivity (Wildman–Crippen MR) is 82.4 cm³/mol. The van der Waals surface area contributed by atoms with Crippen LogP contribution in [-0.4, -0.2) is 40.5 Å². The van der Waals surface area contributed by atoms with Crippen LogP contribution in [0.2, 0.25) is 0 Å². The summed E-state index contributed by atoms with van der Waals surface area (Å²) < 4.78 is 5.67. The summed E-state index contributed by atoms with van der Waals surface area (Å²) in [7, 11) is 0. The number of thiophene rings is 1. The van der Waals surface area contributed by atoms with Crippen LogP contribution in [0.15, 0.2) is 27.2 Å². The molecule has 1 saturated heterocycles. The van der Waals surface area contributed by atoms with Crippen molar-refractivity contribution < 1.29 is 4.42 Å². The normalized spacial score (nSPS) is 19.8. The SMILES string of the molecule is CC1CCN(CCSc2nnc(Cc3cccs3)o2)C1. The molecule has 1 fully saturated rings. The van der Waals surface area contributed by atoms with E-state index in [-0.39, 0.29) is 0 Å². The van der Waals surface area contributed by atoms with Gasteiger partial charge in [0, 0.05) is 23.7 Å². The molecule has 0 saturated carbocycles. The molecule has 3 rings (SSSR count). The number of nitrogens with zero attached hydrogens (tertiary/aromatic N) is 3. The van der Waals surface area contributed by atoms with Gasteiger partial charge in [0.2, 0.25) is 5.89 Å². The van der Waals surface area contributed by atoms with Crippen molar-refractivity contribution in [2.45, 2.75) is 25.0 Å². The second-order valence-corrected chi connectivity index (χ2v) is 7.34. The zero-order chi connectivity index (χ0) is 13.8. The number of rotatable bonds is 6. The Balaban J connectivity index is 1.43. The third-order valence-corrected chi connectivity index (χ3v) is 5.17. The molecule has 0 aliphatic carbocycles. The summed E-state index contributed by atoms with van der Waals surface area (Å²) in [6, 6.07) is 4.14. The molecule has 3 heterocycles. The lowest BCUT2D eigenvalue weighted by molar-refractivity contribution is 0.348. The Bertz CT molecular complexity index is 526. The molecule has 4 nitrogen and oxygen atoms in total. The van der Waals surface area contributed by atoms with Crippen molar-refractivity contribution in [2.75, 3.05) is 25.4 Å². The number of aromatic nitrogens is 2. The zero-order valence-corrected chi connectivity index (χ0v) is 13.3. The molecule has 0 bridgehead atoms. The van der Waals surface area contributed by atoms with Gasteiger partial charge in [-0.15, -0.1) is 21.5 Å². The van der Waals surface area contributed by atoms with Crippen LogP contribution < -0.4 is 0 Å². The molecule has 0 N–H and O–H groups in total. The first-order valence-electron chi connectivity index (χ1n) is 6.99. The smallest absolute Gasteiger partial charge is 0.276 e. The number of likely N-dealkylation sites (tertiary alicyclic amines) is 1. The monoisotopic (exact) mass is 309 g/mol. The second-order valence-electron chi connectivity index (χ2n) is 5.26. The lowest BCUT2D eigenvalue weighted by Gasteiger charge is -2.13. The highest BCUT2D eigenvalue weighted by Gasteiger charge is 2.18. The Morgan fingerprint density at radius 2 is 2.45 bits per heavy atom. The van der Waals surface area contributed by atoms with E-state index in [0.717, 1.165) is 24.6 Å². The summed E-state index contributed by atoms with van der Waals surface area (Å²) >= 11 is 3.38. The van der Waals surface area contributed by atoms with Crippen LogP contribution in [0.4, 0.5) is 0 Å². The standard InChI is InChI=1S/C14H19N3OS2/c1-11-4-5-17(10-11)6-8-20-14-16-15-13(18-14)9-12-3-2-7-19-12/h2-3,7,11H,4-6,8-10H2,1H3. The third-order valence-electron chi connectivity index (χ3n) is 3.49. The molecule has 0 spiro atoms. The molecule has 1 atom stereocenters. The Labute approximate surface area is 127 Å². The predicted octanol–water partition coefficient (Wildman–Crippen LogP) is 3.16. The molecule has 0 radical (unpaired) electrons. The lowest BCUT2D eigenvalue weighted by Crippen LogP contribution is -2.22. The van der Waals surface area contributed by atoms with Gasteiger partial charge in [-0.25, -0.2) is 0 Å². The van der Waals surface area contributed by atoms with Crippen molar-refractivity contribution in [2.24, 2.45) is 5.92 Å². The van der Waals surface area contributed by atoms with E-state index in [1.165, 1.54) is 24.4 Å². The van der Waals surface area contributed by atoms with Crippen LogP contribution in [0.25, 0.3) is 0 Å². The van der Waals surface area contributed by atoms with Crippen molar-refractivity contribution in [1.29, 1.82) is 0 Å². The highest BCUT2D eigenvalue weighted by atomic mass is 32.2. The van der Waals surface area contributed by atoms with E-state index in [1.54, 1.807) is 23.1 Å². The quantitative estimate of drug-likeness (QED) is 0.767. The molecule has 0 aromatic carbocycles. The maximum atomic E-state index is 5.67. The molecule has 0 amide bonds. The van der Waals surface area contributed by atoms with Crippen LogP contribution in [0.5, 0.6) is 0 Å². The highest BCUT2D eigenvalue weighted by molar-refractivity contribution is 7.99. The molecule has 108 valence electrons. The average molecular weight is 309 g/mol. The summed E-state index contributed by atoms with van der Waals surface area (Å²) in [6.45, 7) is 5.89. The Kier molecular flexibility index (Phi) is 4.75. The molecule has 1 aliphatic heterocycles. The van der Waals surface area contributed by atoms with E-state index in [2.05, 4.69) is 33.5 Å². The van der Waals surface area contributed by atoms with Gasteiger partial charge < -0.3 is 9.32 Å². The van der Waals surface area contributed by atoms with Crippen molar-refractivity contribution in [3.05, 3.63) is 28.3 Å². The lowest BCUT2D eigenvalue weighted by atomic mass is 10.2. The van der Waals surface area contributed by atoms with Gasteiger partial charge in [0.25, 0.3) is 5.22 Å². The van der Waals surface area contributed by atoms with Crippen LogP contribution >= 0.6 is 23.1 Å². The fourth-order valence-electron chi connectivity index (χ4n) is 2.42. The van der Waals surface area contributed by atoms with Crippen LogP contribution in [0, 0.1) is 5.92 Å². The first-order chi connectivity index (χ1) is 9.79. The van der Waals surface area contributed by atoms with Crippen LogP contribution in [0.3, 0.4) is 0 Å². The summed E-state index contributed by atoms with van der Waals surface area (Å²) in [6.07, 6.45) is 2.07. The van der Waals surface area contributed by atoms with Crippen molar-refractivity contribution in [3.63, 3.8) is 0 Å². The average Bonchev–Trinajstić information content (AvgIpc) is 3.14. The van der Waals surface area contributed by atoms with Crippen molar-refractivity contribution in [3.8, 4) is 0 Å². The summed E-state index contributed by atoms with van der Waals surface area (Å²) in [5, 5.41) is 11.0. The first kappa shape index (κ1) is 14.1. The molecule has 2 aromatic rings. The minimum absolute atomic E-state index is 0.698. The summed E-state index contributed by atoms with van der Waals surface area (Å²) in [4.78, 5) is 3.77. The van der Waals surface area contributed by atoms with Gasteiger partial charge in [-0.2, -0.15) is 0 Å². The fourth-order valence-corrected chi connectivity index (χ4v) is 3.90. The largest absolute Gasteiger partial charge is 0.416 e. The van der Waals surface area contributed by atoms with Crippen molar-refractivity contribution in [1.82, 2.24) is 15.1 Å². The molecular formula is C14H19N3OS2. The Hall–Kier alpha value is -0.850. The molecule has 1 unspecified atom stereocenters. The van der Waals surface area contributed by atoms with Gasteiger partial charge >= 0.3 is 0 Å². The maximum absolute atomic E-state index is 5.67. The molecule has 2 aromatic heterocycles. The van der Waals surface area contributed by atoms with E-state index in [9.17, 15) is 0 Å². The fraction of sp³-hybridized carbons (Fsp3) is 0.571. The van der Waals surface area contributed by atoms with E-state index >= 15 is 0 Å². The Morgan fingerprint density at radius 1 is 1.50 bits per heavy atom. The number of thioether (sulfide) groups is 1. The highest BCUT2D eigenvalue weighted by Crippen LogP contribution is 2.21. The third kappa shape index (κ3) is 3.84. The van der Waals surface area contributed by atoms with Gasteiger partial charge in [0.1, 0.15) is 0 Å². The maximum Gasteiger partial charge on any atom is 0.276 e.